The van der Waals surface area contributed by atoms with Crippen molar-refractivity contribution in [3.8, 4) is 0 Å². The lowest BCUT2D eigenvalue weighted by atomic mass is 9.98. The van der Waals surface area contributed by atoms with Crippen LogP contribution in [0.3, 0.4) is 0 Å². The summed E-state index contributed by atoms with van der Waals surface area (Å²) in [7, 11) is 0. The second-order valence-electron chi connectivity index (χ2n) is 5.98. The smallest absolute Gasteiger partial charge is 0.221 e. The fourth-order valence-electron chi connectivity index (χ4n) is 3.12. The van der Waals surface area contributed by atoms with Crippen molar-refractivity contribution < 1.29 is 20.1 Å². The number of amides is 1. The molecule has 1 saturated heterocycles. The van der Waals surface area contributed by atoms with Crippen LogP contribution in [-0.2, 0) is 17.8 Å². The SMILES string of the molecule is CCNC(=O)C[C@H]1N[C@H](CCc2ccccc2CO)[C@@H](O)[C@@H]1O. The van der Waals surface area contributed by atoms with Crippen molar-refractivity contribution in [3.05, 3.63) is 35.4 Å². The average Bonchev–Trinajstić information content (AvgIpc) is 2.81. The van der Waals surface area contributed by atoms with Gasteiger partial charge in [0.1, 0.15) is 0 Å². The molecule has 1 amide bonds. The zero-order chi connectivity index (χ0) is 16.8. The predicted octanol–water partition coefficient (Wildman–Crippen LogP) is -0.300. The van der Waals surface area contributed by atoms with Crippen molar-refractivity contribution in [2.45, 2.75) is 57.1 Å². The molecule has 5 N–H and O–H groups in total. The lowest BCUT2D eigenvalue weighted by Crippen LogP contribution is -2.38. The van der Waals surface area contributed by atoms with Gasteiger partial charge in [-0.2, -0.15) is 0 Å². The number of aliphatic hydroxyl groups excluding tert-OH is 3. The van der Waals surface area contributed by atoms with Gasteiger partial charge in [0.2, 0.25) is 5.91 Å². The minimum Gasteiger partial charge on any atom is -0.392 e. The Morgan fingerprint density at radius 3 is 2.48 bits per heavy atom. The van der Waals surface area contributed by atoms with E-state index < -0.39 is 18.2 Å². The van der Waals surface area contributed by atoms with Gasteiger partial charge in [0.05, 0.1) is 18.8 Å². The molecule has 2 rings (SSSR count). The number of aliphatic hydroxyl groups is 3. The van der Waals surface area contributed by atoms with Gasteiger partial charge in [-0.3, -0.25) is 4.79 Å². The number of benzene rings is 1. The quantitative estimate of drug-likeness (QED) is 0.474. The van der Waals surface area contributed by atoms with E-state index in [0.29, 0.717) is 19.4 Å². The summed E-state index contributed by atoms with van der Waals surface area (Å²) in [6.45, 7) is 2.37. The van der Waals surface area contributed by atoms with E-state index in [1.54, 1.807) is 0 Å². The minimum absolute atomic E-state index is 0.0146. The number of hydrogen-bond acceptors (Lipinski definition) is 5. The van der Waals surface area contributed by atoms with Gasteiger partial charge in [0.15, 0.2) is 0 Å². The van der Waals surface area contributed by atoms with E-state index in [-0.39, 0.29) is 25.0 Å². The molecule has 0 aliphatic carbocycles. The molecule has 128 valence electrons. The van der Waals surface area contributed by atoms with E-state index in [2.05, 4.69) is 10.6 Å². The Morgan fingerprint density at radius 1 is 1.17 bits per heavy atom. The van der Waals surface area contributed by atoms with Gasteiger partial charge in [-0.15, -0.1) is 0 Å². The number of nitrogens with one attached hydrogen (secondary N) is 2. The highest BCUT2D eigenvalue weighted by Crippen LogP contribution is 2.22. The van der Waals surface area contributed by atoms with Crippen molar-refractivity contribution in [3.63, 3.8) is 0 Å². The number of hydrogen-bond donors (Lipinski definition) is 5. The first kappa shape index (κ1) is 17.9. The summed E-state index contributed by atoms with van der Waals surface area (Å²) in [5.41, 5.74) is 1.91. The summed E-state index contributed by atoms with van der Waals surface area (Å²) in [6.07, 6.45) is -0.380. The topological polar surface area (TPSA) is 102 Å². The van der Waals surface area contributed by atoms with Crippen molar-refractivity contribution in [1.29, 1.82) is 0 Å². The highest BCUT2D eigenvalue weighted by molar-refractivity contribution is 5.76. The Labute approximate surface area is 136 Å². The maximum absolute atomic E-state index is 11.6. The fraction of sp³-hybridized carbons (Fsp3) is 0.588. The van der Waals surface area contributed by atoms with Crippen LogP contribution in [0.2, 0.25) is 0 Å². The molecule has 1 fully saturated rings. The van der Waals surface area contributed by atoms with Crippen LogP contribution >= 0.6 is 0 Å². The number of carbonyl (C=O) groups is 1. The summed E-state index contributed by atoms with van der Waals surface area (Å²) in [5, 5.41) is 35.5. The van der Waals surface area contributed by atoms with E-state index in [1.165, 1.54) is 0 Å². The average molecular weight is 322 g/mol. The lowest BCUT2D eigenvalue weighted by Gasteiger charge is -2.16. The summed E-state index contributed by atoms with van der Waals surface area (Å²) in [5.74, 6) is -0.137. The summed E-state index contributed by atoms with van der Waals surface area (Å²) >= 11 is 0. The number of aryl methyl sites for hydroxylation is 1. The molecule has 1 heterocycles. The molecule has 0 saturated carbocycles. The zero-order valence-electron chi connectivity index (χ0n) is 13.4. The lowest BCUT2D eigenvalue weighted by molar-refractivity contribution is -0.122. The molecule has 0 bridgehead atoms. The molecule has 1 aliphatic heterocycles. The fourth-order valence-corrected chi connectivity index (χ4v) is 3.12. The third kappa shape index (κ3) is 4.51. The third-order valence-corrected chi connectivity index (χ3v) is 4.40. The Morgan fingerprint density at radius 2 is 1.83 bits per heavy atom. The van der Waals surface area contributed by atoms with E-state index >= 15 is 0 Å². The normalized spacial score (nSPS) is 27.1. The highest BCUT2D eigenvalue weighted by Gasteiger charge is 2.41. The van der Waals surface area contributed by atoms with Gasteiger partial charge in [-0.05, 0) is 30.9 Å². The zero-order valence-corrected chi connectivity index (χ0v) is 13.4. The summed E-state index contributed by atoms with van der Waals surface area (Å²) in [6, 6.07) is 6.92. The van der Waals surface area contributed by atoms with E-state index in [9.17, 15) is 20.1 Å². The molecular formula is C17H26N2O4. The van der Waals surface area contributed by atoms with E-state index in [0.717, 1.165) is 11.1 Å². The third-order valence-electron chi connectivity index (χ3n) is 4.40. The highest BCUT2D eigenvalue weighted by atomic mass is 16.3. The first-order valence-electron chi connectivity index (χ1n) is 8.13. The minimum atomic E-state index is -0.948. The van der Waals surface area contributed by atoms with Gasteiger partial charge in [-0.25, -0.2) is 0 Å². The maximum atomic E-state index is 11.6. The molecule has 1 aromatic rings. The van der Waals surface area contributed by atoms with Gasteiger partial charge in [0, 0.05) is 25.0 Å². The summed E-state index contributed by atoms with van der Waals surface area (Å²) < 4.78 is 0. The first-order valence-corrected chi connectivity index (χ1v) is 8.13. The Balaban J connectivity index is 1.92. The summed E-state index contributed by atoms with van der Waals surface area (Å²) in [4.78, 5) is 11.6. The number of rotatable bonds is 7. The van der Waals surface area contributed by atoms with Gasteiger partial charge in [0.25, 0.3) is 0 Å². The van der Waals surface area contributed by atoms with Gasteiger partial charge >= 0.3 is 0 Å². The van der Waals surface area contributed by atoms with Crippen LogP contribution in [0, 0.1) is 0 Å². The molecule has 6 heteroatoms. The van der Waals surface area contributed by atoms with Crippen LogP contribution < -0.4 is 10.6 Å². The molecule has 0 unspecified atom stereocenters. The predicted molar refractivity (Wildman–Crippen MR) is 86.7 cm³/mol. The second kappa shape index (κ2) is 8.40. The second-order valence-corrected chi connectivity index (χ2v) is 5.98. The van der Waals surface area contributed by atoms with Crippen LogP contribution in [0.25, 0.3) is 0 Å². The van der Waals surface area contributed by atoms with Crippen molar-refractivity contribution in [2.24, 2.45) is 0 Å². The maximum Gasteiger partial charge on any atom is 0.221 e. The van der Waals surface area contributed by atoms with Crippen LogP contribution in [0.5, 0.6) is 0 Å². The molecule has 6 nitrogen and oxygen atoms in total. The Kier molecular flexibility index (Phi) is 6.53. The molecule has 1 aliphatic rings. The molecule has 0 spiro atoms. The van der Waals surface area contributed by atoms with Crippen molar-refractivity contribution >= 4 is 5.91 Å². The van der Waals surface area contributed by atoms with Crippen LogP contribution in [0.15, 0.2) is 24.3 Å². The molecular weight excluding hydrogens is 296 g/mol. The molecule has 4 atom stereocenters. The molecule has 0 radical (unpaired) electrons. The van der Waals surface area contributed by atoms with E-state index in [1.807, 2.05) is 31.2 Å². The number of carbonyl (C=O) groups excluding carboxylic acids is 1. The van der Waals surface area contributed by atoms with Gasteiger partial charge in [-0.1, -0.05) is 24.3 Å². The van der Waals surface area contributed by atoms with Crippen LogP contribution in [0.1, 0.15) is 30.9 Å². The standard InChI is InChI=1S/C17H26N2O4/c1-2-18-15(21)9-14-17(23)16(22)13(19-14)8-7-11-5-3-4-6-12(11)10-20/h3-6,13-14,16-17,19-20,22-23H,2,7-10H2,1H3,(H,18,21)/t13-,14-,16-,17-/m1/s1. The largest absolute Gasteiger partial charge is 0.392 e. The first-order chi connectivity index (χ1) is 11.1. The Hall–Kier alpha value is -1.47. The molecule has 1 aromatic carbocycles. The molecule has 23 heavy (non-hydrogen) atoms. The van der Waals surface area contributed by atoms with Crippen LogP contribution in [-0.4, -0.2) is 52.1 Å². The van der Waals surface area contributed by atoms with Gasteiger partial charge < -0.3 is 26.0 Å². The monoisotopic (exact) mass is 322 g/mol. The molecule has 0 aromatic heterocycles. The van der Waals surface area contributed by atoms with E-state index in [4.69, 9.17) is 0 Å². The van der Waals surface area contributed by atoms with Crippen molar-refractivity contribution in [1.82, 2.24) is 10.6 Å². The van der Waals surface area contributed by atoms with Crippen molar-refractivity contribution in [2.75, 3.05) is 6.54 Å². The Bertz CT molecular complexity index is 523. The van der Waals surface area contributed by atoms with Crippen LogP contribution in [0.4, 0.5) is 0 Å².